The van der Waals surface area contributed by atoms with Crippen LogP contribution in [0.15, 0.2) is 60.7 Å². The Balaban J connectivity index is 1.41. The van der Waals surface area contributed by atoms with Crippen LogP contribution in [0.3, 0.4) is 0 Å². The molecule has 0 spiro atoms. The van der Waals surface area contributed by atoms with Crippen LogP contribution in [0.25, 0.3) is 0 Å². The quantitative estimate of drug-likeness (QED) is 0.779. The van der Waals surface area contributed by atoms with Gasteiger partial charge in [-0.1, -0.05) is 73.5 Å². The van der Waals surface area contributed by atoms with Crippen LogP contribution < -0.4 is 0 Å². The molecule has 1 heterocycles. The van der Waals surface area contributed by atoms with E-state index in [-0.39, 0.29) is 0 Å². The van der Waals surface area contributed by atoms with E-state index < -0.39 is 5.60 Å². The number of piperidine rings is 1. The third kappa shape index (κ3) is 4.12. The molecule has 144 valence electrons. The number of hydrogen-bond acceptors (Lipinski definition) is 2. The molecule has 1 saturated heterocycles. The molecular formula is C25H33NO. The summed E-state index contributed by atoms with van der Waals surface area (Å²) in [6, 6.07) is 21.3. The van der Waals surface area contributed by atoms with Gasteiger partial charge >= 0.3 is 0 Å². The Hall–Kier alpha value is -1.64. The van der Waals surface area contributed by atoms with Crippen molar-refractivity contribution in [2.45, 2.75) is 50.5 Å². The van der Waals surface area contributed by atoms with Gasteiger partial charge in [0.05, 0.1) is 5.60 Å². The molecule has 0 bridgehead atoms. The van der Waals surface area contributed by atoms with Gasteiger partial charge in [-0.3, -0.25) is 0 Å². The zero-order valence-corrected chi connectivity index (χ0v) is 16.4. The number of rotatable bonds is 6. The van der Waals surface area contributed by atoms with E-state index >= 15 is 0 Å². The van der Waals surface area contributed by atoms with E-state index in [0.717, 1.165) is 44.5 Å². The molecule has 27 heavy (non-hydrogen) atoms. The summed E-state index contributed by atoms with van der Waals surface area (Å²) < 4.78 is 0. The molecule has 1 aliphatic carbocycles. The van der Waals surface area contributed by atoms with Crippen molar-refractivity contribution >= 4 is 0 Å². The first-order valence-electron chi connectivity index (χ1n) is 10.8. The molecule has 1 atom stereocenters. The van der Waals surface area contributed by atoms with Crippen LogP contribution in [0.4, 0.5) is 0 Å². The predicted octanol–water partition coefficient (Wildman–Crippen LogP) is 5.02. The van der Waals surface area contributed by atoms with Crippen molar-refractivity contribution in [2.75, 3.05) is 19.6 Å². The molecule has 2 nitrogen and oxygen atoms in total. The van der Waals surface area contributed by atoms with Gasteiger partial charge in [-0.15, -0.1) is 0 Å². The second-order valence-electron chi connectivity index (χ2n) is 8.52. The van der Waals surface area contributed by atoms with E-state index in [1.807, 2.05) is 0 Å². The molecule has 0 amide bonds. The van der Waals surface area contributed by atoms with E-state index in [4.69, 9.17) is 0 Å². The van der Waals surface area contributed by atoms with Gasteiger partial charge in [0, 0.05) is 6.54 Å². The highest BCUT2D eigenvalue weighted by molar-refractivity contribution is 5.25. The summed E-state index contributed by atoms with van der Waals surface area (Å²) in [4.78, 5) is 2.59. The summed E-state index contributed by atoms with van der Waals surface area (Å²) in [5.41, 5.74) is 1.94. The van der Waals surface area contributed by atoms with E-state index in [0.29, 0.717) is 11.8 Å². The van der Waals surface area contributed by atoms with Crippen LogP contribution in [0.1, 0.15) is 49.7 Å². The van der Waals surface area contributed by atoms with Crippen molar-refractivity contribution in [1.82, 2.24) is 4.90 Å². The Morgan fingerprint density at radius 2 is 1.33 bits per heavy atom. The molecule has 1 N–H and O–H groups in total. The van der Waals surface area contributed by atoms with Crippen molar-refractivity contribution in [3.05, 3.63) is 71.8 Å². The van der Waals surface area contributed by atoms with Gasteiger partial charge in [-0.2, -0.15) is 0 Å². The van der Waals surface area contributed by atoms with Gasteiger partial charge < -0.3 is 10.0 Å². The molecule has 2 aromatic carbocycles. The zero-order valence-electron chi connectivity index (χ0n) is 16.4. The first-order chi connectivity index (χ1) is 13.3. The molecule has 2 fully saturated rings. The lowest BCUT2D eigenvalue weighted by Gasteiger charge is -2.45. The number of hydrogen-bond donors (Lipinski definition) is 1. The molecule has 0 aromatic heterocycles. The molecule has 0 radical (unpaired) electrons. The number of aliphatic hydroxyl groups is 1. The lowest BCUT2D eigenvalue weighted by molar-refractivity contribution is -0.0932. The van der Waals surface area contributed by atoms with E-state index in [1.54, 1.807) is 0 Å². The highest BCUT2D eigenvalue weighted by Gasteiger charge is 2.46. The van der Waals surface area contributed by atoms with Crippen LogP contribution in [0, 0.1) is 11.8 Å². The second-order valence-corrected chi connectivity index (χ2v) is 8.52. The minimum Gasteiger partial charge on any atom is -0.385 e. The third-order valence-electron chi connectivity index (χ3n) is 6.98. The van der Waals surface area contributed by atoms with Crippen molar-refractivity contribution in [3.63, 3.8) is 0 Å². The lowest BCUT2D eigenvalue weighted by atomic mass is 9.68. The van der Waals surface area contributed by atoms with E-state index in [2.05, 4.69) is 65.6 Å². The Labute approximate surface area is 164 Å². The zero-order chi connectivity index (χ0) is 18.5. The molecule has 1 saturated carbocycles. The van der Waals surface area contributed by atoms with Crippen LogP contribution in [-0.2, 0) is 12.0 Å². The molecule has 2 heteroatoms. The van der Waals surface area contributed by atoms with Crippen LogP contribution in [0.2, 0.25) is 0 Å². The fourth-order valence-corrected chi connectivity index (χ4v) is 5.40. The SMILES string of the molecule is OC(c1ccccc1)(C1CCCC1)C1CCN(CCc2ccccc2)CC1. The summed E-state index contributed by atoms with van der Waals surface area (Å²) in [6.07, 6.45) is 8.25. The number of benzene rings is 2. The first-order valence-corrected chi connectivity index (χ1v) is 10.8. The van der Waals surface area contributed by atoms with Gasteiger partial charge in [-0.05, 0) is 68.2 Å². The number of nitrogens with zero attached hydrogens (tertiary/aromatic N) is 1. The second kappa shape index (κ2) is 8.58. The van der Waals surface area contributed by atoms with Gasteiger partial charge in [-0.25, -0.2) is 0 Å². The molecule has 1 unspecified atom stereocenters. The molecule has 1 aliphatic heterocycles. The first kappa shape index (κ1) is 18.7. The summed E-state index contributed by atoms with van der Waals surface area (Å²) in [7, 11) is 0. The van der Waals surface area contributed by atoms with Gasteiger partial charge in [0.25, 0.3) is 0 Å². The normalized spacial score (nSPS) is 22.0. The van der Waals surface area contributed by atoms with E-state index in [9.17, 15) is 5.11 Å². The van der Waals surface area contributed by atoms with Gasteiger partial charge in [0.2, 0.25) is 0 Å². The number of likely N-dealkylation sites (tertiary alicyclic amines) is 1. The van der Waals surface area contributed by atoms with Crippen LogP contribution >= 0.6 is 0 Å². The summed E-state index contributed by atoms with van der Waals surface area (Å²) in [6.45, 7) is 3.35. The summed E-state index contributed by atoms with van der Waals surface area (Å²) >= 11 is 0. The average Bonchev–Trinajstić information content (AvgIpc) is 3.29. The van der Waals surface area contributed by atoms with E-state index in [1.165, 1.54) is 31.2 Å². The monoisotopic (exact) mass is 363 g/mol. The third-order valence-corrected chi connectivity index (χ3v) is 6.98. The smallest absolute Gasteiger partial charge is 0.0953 e. The minimum absolute atomic E-state index is 0.385. The predicted molar refractivity (Wildman–Crippen MR) is 112 cm³/mol. The van der Waals surface area contributed by atoms with Crippen molar-refractivity contribution < 1.29 is 5.11 Å². The Kier molecular flexibility index (Phi) is 5.95. The Bertz CT molecular complexity index is 687. The van der Waals surface area contributed by atoms with Crippen LogP contribution in [0.5, 0.6) is 0 Å². The molecule has 2 aliphatic rings. The highest BCUT2D eigenvalue weighted by Crippen LogP contribution is 2.48. The largest absolute Gasteiger partial charge is 0.385 e. The fourth-order valence-electron chi connectivity index (χ4n) is 5.40. The lowest BCUT2D eigenvalue weighted by Crippen LogP contribution is -2.47. The maximum atomic E-state index is 12.0. The Morgan fingerprint density at radius 3 is 1.96 bits per heavy atom. The topological polar surface area (TPSA) is 23.5 Å². The van der Waals surface area contributed by atoms with Crippen molar-refractivity contribution in [3.8, 4) is 0 Å². The summed E-state index contributed by atoms with van der Waals surface area (Å²) in [5.74, 6) is 0.816. The fraction of sp³-hybridized carbons (Fsp3) is 0.520. The van der Waals surface area contributed by atoms with Crippen molar-refractivity contribution in [1.29, 1.82) is 0 Å². The maximum Gasteiger partial charge on any atom is 0.0953 e. The highest BCUT2D eigenvalue weighted by atomic mass is 16.3. The molecule has 4 rings (SSSR count). The summed E-state index contributed by atoms with van der Waals surface area (Å²) in [5, 5.41) is 12.0. The Morgan fingerprint density at radius 1 is 0.778 bits per heavy atom. The average molecular weight is 364 g/mol. The molecular weight excluding hydrogens is 330 g/mol. The van der Waals surface area contributed by atoms with Crippen molar-refractivity contribution in [2.24, 2.45) is 11.8 Å². The minimum atomic E-state index is -0.636. The maximum absolute atomic E-state index is 12.0. The standard InChI is InChI=1S/C25H33NO/c27-25(23-13-7-8-14-23,22-11-5-2-6-12-22)24-16-19-26(20-17-24)18-15-21-9-3-1-4-10-21/h1-6,9-12,23-24,27H,7-8,13-20H2. The van der Waals surface area contributed by atoms with Gasteiger partial charge in [0.1, 0.15) is 0 Å². The van der Waals surface area contributed by atoms with Crippen LogP contribution in [-0.4, -0.2) is 29.6 Å². The van der Waals surface area contributed by atoms with Gasteiger partial charge in [0.15, 0.2) is 0 Å². The molecule has 2 aromatic rings.